The number of ketones is 1. The van der Waals surface area contributed by atoms with Crippen molar-refractivity contribution >= 4 is 23.8 Å². The number of H-pyrrole nitrogens is 1. The second kappa shape index (κ2) is 5.31. The molecule has 1 atom stereocenters. The van der Waals surface area contributed by atoms with Gasteiger partial charge in [-0.2, -0.15) is 4.98 Å². The molecule has 5 nitrogen and oxygen atoms in total. The molecule has 0 saturated heterocycles. The lowest BCUT2D eigenvalue weighted by Gasteiger charge is -2.32. The van der Waals surface area contributed by atoms with E-state index in [4.69, 9.17) is 22.7 Å². The van der Waals surface area contributed by atoms with Gasteiger partial charge in [0.15, 0.2) is 5.78 Å². The highest BCUT2D eigenvalue weighted by Gasteiger charge is 2.38. The molecule has 1 aromatic heterocycles. The molecule has 1 aliphatic carbocycles. The maximum absolute atomic E-state index is 12.6. The highest BCUT2D eigenvalue weighted by molar-refractivity contribution is 7.71. The maximum Gasteiger partial charge on any atom is 0.229 e. The average molecular weight is 325 g/mol. The summed E-state index contributed by atoms with van der Waals surface area (Å²) in [5.74, 6) is 1.37. The van der Waals surface area contributed by atoms with E-state index in [1.165, 1.54) is 0 Å². The van der Waals surface area contributed by atoms with Crippen LogP contribution in [-0.4, -0.2) is 15.8 Å². The van der Waals surface area contributed by atoms with Crippen LogP contribution in [0.15, 0.2) is 41.7 Å². The van der Waals surface area contributed by atoms with Crippen LogP contribution in [0.1, 0.15) is 36.3 Å². The lowest BCUT2D eigenvalue weighted by atomic mass is 9.78. The van der Waals surface area contributed by atoms with Gasteiger partial charge in [-0.1, -0.05) is 30.3 Å². The number of aromatic amines is 1. The summed E-state index contributed by atoms with van der Waals surface area (Å²) >= 11 is 5.10. The summed E-state index contributed by atoms with van der Waals surface area (Å²) in [6.07, 6.45) is 2.07. The van der Waals surface area contributed by atoms with Crippen molar-refractivity contribution in [2.24, 2.45) is 0 Å². The second-order valence-corrected chi connectivity index (χ2v) is 6.12. The maximum atomic E-state index is 12.6. The molecule has 3 N–H and O–H groups in total. The van der Waals surface area contributed by atoms with Crippen LogP contribution in [-0.2, 0) is 4.79 Å². The Morgan fingerprint density at radius 2 is 2.04 bits per heavy atom. The average Bonchev–Trinajstić information content (AvgIpc) is 2.54. The molecular formula is C17H15N3O2S. The molecule has 0 spiro atoms. The SMILES string of the molecule is Nc1[nH]c(=S)nc2c1C(c1ccccc1)C1=C(CCCC1=O)O2. The van der Waals surface area contributed by atoms with Crippen LogP contribution < -0.4 is 10.5 Å². The number of anilines is 1. The topological polar surface area (TPSA) is 81.0 Å². The van der Waals surface area contributed by atoms with Gasteiger partial charge in [0, 0.05) is 24.3 Å². The fourth-order valence-electron chi connectivity index (χ4n) is 3.34. The first-order valence-electron chi connectivity index (χ1n) is 7.54. The van der Waals surface area contributed by atoms with Crippen LogP contribution in [0.5, 0.6) is 5.88 Å². The molecule has 1 aromatic carbocycles. The zero-order valence-corrected chi connectivity index (χ0v) is 13.2. The number of Topliss-reactive ketones (excluding diaryl/α,β-unsaturated/α-hetero) is 1. The standard InChI is InChI=1S/C17H15N3O2S/c18-15-14-12(9-5-2-1-3-6-9)13-10(21)7-4-8-11(13)22-16(14)20-17(23)19-15/h1-3,5-6,12H,4,7-8H2,(H3,18,19,20,23). The predicted octanol–water partition coefficient (Wildman–Crippen LogP) is 3.25. The van der Waals surface area contributed by atoms with Crippen LogP contribution in [0.3, 0.4) is 0 Å². The summed E-state index contributed by atoms with van der Waals surface area (Å²) in [6, 6.07) is 9.84. The van der Waals surface area contributed by atoms with Gasteiger partial charge in [0.05, 0.1) is 5.56 Å². The Hall–Kier alpha value is -2.47. The summed E-state index contributed by atoms with van der Waals surface area (Å²) in [6.45, 7) is 0. The first kappa shape index (κ1) is 14.1. The number of nitrogens with one attached hydrogen (secondary N) is 1. The quantitative estimate of drug-likeness (QED) is 0.787. The Morgan fingerprint density at radius 3 is 2.83 bits per heavy atom. The van der Waals surface area contributed by atoms with Crippen molar-refractivity contribution in [1.82, 2.24) is 9.97 Å². The lowest BCUT2D eigenvalue weighted by Crippen LogP contribution is -2.27. The number of hydrogen-bond acceptors (Lipinski definition) is 5. The third-order valence-electron chi connectivity index (χ3n) is 4.30. The number of nitrogen functional groups attached to an aromatic ring is 1. The highest BCUT2D eigenvalue weighted by atomic mass is 32.1. The van der Waals surface area contributed by atoms with Gasteiger partial charge in [0.2, 0.25) is 10.7 Å². The van der Waals surface area contributed by atoms with Gasteiger partial charge in [0.1, 0.15) is 11.6 Å². The molecule has 1 aliphatic heterocycles. The van der Waals surface area contributed by atoms with E-state index in [-0.39, 0.29) is 16.5 Å². The molecule has 2 aromatic rings. The van der Waals surface area contributed by atoms with Crippen LogP contribution in [0, 0.1) is 4.77 Å². The number of benzene rings is 1. The number of hydrogen-bond donors (Lipinski definition) is 2. The Kier molecular flexibility index (Phi) is 3.27. The largest absolute Gasteiger partial charge is 0.442 e. The van der Waals surface area contributed by atoms with Crippen LogP contribution in [0.25, 0.3) is 0 Å². The van der Waals surface area contributed by atoms with Gasteiger partial charge in [0.25, 0.3) is 0 Å². The van der Waals surface area contributed by atoms with Gasteiger partial charge >= 0.3 is 0 Å². The minimum absolute atomic E-state index is 0.118. The van der Waals surface area contributed by atoms with Crippen molar-refractivity contribution in [2.75, 3.05) is 5.73 Å². The lowest BCUT2D eigenvalue weighted by molar-refractivity contribution is -0.116. The van der Waals surface area contributed by atoms with Crippen molar-refractivity contribution in [1.29, 1.82) is 0 Å². The van der Waals surface area contributed by atoms with E-state index in [1.54, 1.807) is 0 Å². The van der Waals surface area contributed by atoms with Gasteiger partial charge in [-0.25, -0.2) is 0 Å². The molecule has 0 fully saturated rings. The fraction of sp³-hybridized carbons (Fsp3) is 0.235. The van der Waals surface area contributed by atoms with Crippen molar-refractivity contribution < 1.29 is 9.53 Å². The summed E-state index contributed by atoms with van der Waals surface area (Å²) in [5.41, 5.74) is 8.56. The second-order valence-electron chi connectivity index (χ2n) is 5.73. The number of aromatic nitrogens is 2. The van der Waals surface area contributed by atoms with E-state index in [1.807, 2.05) is 30.3 Å². The number of ether oxygens (including phenoxy) is 1. The van der Waals surface area contributed by atoms with E-state index < -0.39 is 0 Å². The number of carbonyl (C=O) groups excluding carboxylic acids is 1. The third kappa shape index (κ3) is 2.26. The van der Waals surface area contributed by atoms with Gasteiger partial charge in [-0.15, -0.1) is 0 Å². The highest BCUT2D eigenvalue weighted by Crippen LogP contribution is 2.47. The Morgan fingerprint density at radius 1 is 1.26 bits per heavy atom. The van der Waals surface area contributed by atoms with Gasteiger partial charge in [-0.05, 0) is 24.2 Å². The van der Waals surface area contributed by atoms with Crippen LogP contribution in [0.4, 0.5) is 5.82 Å². The molecule has 23 heavy (non-hydrogen) atoms. The zero-order valence-electron chi connectivity index (χ0n) is 12.3. The van der Waals surface area contributed by atoms with E-state index in [9.17, 15) is 4.79 Å². The summed E-state index contributed by atoms with van der Waals surface area (Å²) in [4.78, 5) is 19.7. The molecule has 4 rings (SSSR count). The summed E-state index contributed by atoms with van der Waals surface area (Å²) in [5, 5.41) is 0. The summed E-state index contributed by atoms with van der Waals surface area (Å²) < 4.78 is 6.18. The predicted molar refractivity (Wildman–Crippen MR) is 88.6 cm³/mol. The number of allylic oxidation sites excluding steroid dienone is 2. The van der Waals surface area contributed by atoms with E-state index in [0.717, 1.165) is 18.4 Å². The van der Waals surface area contributed by atoms with E-state index >= 15 is 0 Å². The van der Waals surface area contributed by atoms with E-state index in [0.29, 0.717) is 35.0 Å². The smallest absolute Gasteiger partial charge is 0.229 e. The number of nitrogens with zero attached hydrogens (tertiary/aromatic N) is 1. The molecule has 116 valence electrons. The van der Waals surface area contributed by atoms with Crippen molar-refractivity contribution in [3.05, 3.63) is 57.6 Å². The fourth-order valence-corrected chi connectivity index (χ4v) is 3.53. The minimum atomic E-state index is -0.262. The Bertz CT molecular complexity index is 886. The first-order chi connectivity index (χ1) is 11.1. The molecule has 6 heteroatoms. The van der Waals surface area contributed by atoms with Gasteiger partial charge in [-0.3, -0.25) is 4.79 Å². The number of carbonyl (C=O) groups is 1. The van der Waals surface area contributed by atoms with Crippen molar-refractivity contribution in [2.45, 2.75) is 25.2 Å². The zero-order chi connectivity index (χ0) is 16.0. The summed E-state index contributed by atoms with van der Waals surface area (Å²) in [7, 11) is 0. The van der Waals surface area contributed by atoms with Crippen molar-refractivity contribution in [3.63, 3.8) is 0 Å². The molecule has 0 saturated carbocycles. The first-order valence-corrected chi connectivity index (χ1v) is 7.94. The van der Waals surface area contributed by atoms with Crippen molar-refractivity contribution in [3.8, 4) is 5.88 Å². The van der Waals surface area contributed by atoms with E-state index in [2.05, 4.69) is 9.97 Å². The minimum Gasteiger partial charge on any atom is -0.442 e. The monoisotopic (exact) mass is 325 g/mol. The third-order valence-corrected chi connectivity index (χ3v) is 4.50. The molecule has 1 unspecified atom stereocenters. The van der Waals surface area contributed by atoms with Crippen LogP contribution >= 0.6 is 12.2 Å². The number of rotatable bonds is 1. The molecule has 0 bridgehead atoms. The molecular weight excluding hydrogens is 310 g/mol. The number of nitrogens with two attached hydrogens (primary N) is 1. The van der Waals surface area contributed by atoms with Gasteiger partial charge < -0.3 is 15.5 Å². The molecule has 2 aliphatic rings. The molecule has 2 heterocycles. The molecule has 0 amide bonds. The Labute approximate surface area is 138 Å². The normalized spacial score (nSPS) is 19.8. The van der Waals surface area contributed by atoms with Crippen LogP contribution in [0.2, 0.25) is 0 Å². The Balaban J connectivity index is 2.01. The molecule has 0 radical (unpaired) electrons. The number of fused-ring (bicyclic) bond motifs is 1.